The van der Waals surface area contributed by atoms with Crippen molar-refractivity contribution in [1.29, 1.82) is 0 Å². The van der Waals surface area contributed by atoms with Crippen LogP contribution in [0.2, 0.25) is 0 Å². The second kappa shape index (κ2) is 12.8. The second-order valence-corrected chi connectivity index (χ2v) is 8.07. The van der Waals surface area contributed by atoms with Gasteiger partial charge in [0.2, 0.25) is 5.91 Å². The molecule has 3 aromatic rings. The Hall–Kier alpha value is -4.47. The smallest absolute Gasteiger partial charge is 0.293 e. The largest absolute Gasteiger partial charge is 0.461 e. The number of carbonyl (C=O) groups excluding carboxylic acids is 2. The van der Waals surface area contributed by atoms with Gasteiger partial charge in [-0.3, -0.25) is 14.6 Å². The molecule has 0 radical (unpaired) electrons. The summed E-state index contributed by atoms with van der Waals surface area (Å²) in [6, 6.07) is 15.7. The lowest BCUT2D eigenvalue weighted by molar-refractivity contribution is -0.134. The number of oxime groups is 1. The van der Waals surface area contributed by atoms with E-state index in [1.165, 1.54) is 13.0 Å². The van der Waals surface area contributed by atoms with E-state index in [1.54, 1.807) is 48.6 Å². The number of carbonyl (C=O) groups is 2. The number of halogens is 1. The normalized spacial score (nSPS) is 11.9. The molecule has 0 saturated carbocycles. The molecule has 188 valence electrons. The summed E-state index contributed by atoms with van der Waals surface area (Å²) in [5.41, 5.74) is 3.39. The maximum atomic E-state index is 15.0. The first kappa shape index (κ1) is 26.1. The molecule has 10 heteroatoms. The van der Waals surface area contributed by atoms with Gasteiger partial charge in [-0.2, -0.15) is 0 Å². The summed E-state index contributed by atoms with van der Waals surface area (Å²) >= 11 is 0. The van der Waals surface area contributed by atoms with Crippen molar-refractivity contribution in [2.75, 3.05) is 25.0 Å². The first-order valence-corrected chi connectivity index (χ1v) is 11.2. The number of amides is 1. The fraction of sp³-hybridized carbons (Fsp3) is 0.231. The van der Waals surface area contributed by atoms with Crippen LogP contribution >= 0.6 is 0 Å². The molecule has 36 heavy (non-hydrogen) atoms. The summed E-state index contributed by atoms with van der Waals surface area (Å²) in [6.45, 7) is 2.56. The Kier molecular flexibility index (Phi) is 9.33. The molecule has 0 bridgehead atoms. The van der Waals surface area contributed by atoms with Crippen LogP contribution in [0.1, 0.15) is 18.1 Å². The van der Waals surface area contributed by atoms with Crippen molar-refractivity contribution >= 4 is 23.9 Å². The van der Waals surface area contributed by atoms with E-state index >= 15 is 0 Å². The Balaban J connectivity index is 1.64. The van der Waals surface area contributed by atoms with E-state index in [-0.39, 0.29) is 19.0 Å². The summed E-state index contributed by atoms with van der Waals surface area (Å²) in [5, 5.41) is 18.3. The van der Waals surface area contributed by atoms with Crippen LogP contribution in [0.4, 0.5) is 10.1 Å². The van der Waals surface area contributed by atoms with Gasteiger partial charge in [-0.05, 0) is 41.5 Å². The monoisotopic (exact) mass is 493 g/mol. The van der Waals surface area contributed by atoms with Crippen molar-refractivity contribution < 1.29 is 23.9 Å². The second-order valence-electron chi connectivity index (χ2n) is 8.07. The summed E-state index contributed by atoms with van der Waals surface area (Å²) in [4.78, 5) is 27.6. The highest BCUT2D eigenvalue weighted by Crippen LogP contribution is 2.27. The Bertz CT molecular complexity index is 1190. The van der Waals surface area contributed by atoms with Gasteiger partial charge < -0.3 is 25.5 Å². The molecule has 1 amide bonds. The highest BCUT2D eigenvalue weighted by molar-refractivity contribution is 5.98. The molecule has 0 saturated heterocycles. The van der Waals surface area contributed by atoms with Crippen molar-refractivity contribution in [3.8, 4) is 11.1 Å². The van der Waals surface area contributed by atoms with Crippen LogP contribution in [-0.2, 0) is 20.9 Å². The predicted molar refractivity (Wildman–Crippen MR) is 134 cm³/mol. The molecule has 0 unspecified atom stereocenters. The van der Waals surface area contributed by atoms with Gasteiger partial charge in [0.15, 0.2) is 5.84 Å². The summed E-state index contributed by atoms with van der Waals surface area (Å²) < 4.78 is 20.0. The Morgan fingerprint density at radius 2 is 1.89 bits per heavy atom. The molecule has 3 N–H and O–H groups in total. The summed E-state index contributed by atoms with van der Waals surface area (Å²) in [6.07, 6.45) is 2.64. The third kappa shape index (κ3) is 7.26. The quantitative estimate of drug-likeness (QED) is 0.124. The summed E-state index contributed by atoms with van der Waals surface area (Å²) in [7, 11) is 1.75. The molecular weight excluding hydrogens is 465 g/mol. The number of hydrogen-bond donors (Lipinski definition) is 3. The third-order valence-electron chi connectivity index (χ3n) is 5.48. The minimum atomic E-state index is -0.574. The lowest BCUT2D eigenvalue weighted by Crippen LogP contribution is -2.39. The number of benzene rings is 2. The number of nitrogens with zero attached hydrogens (tertiary/aromatic N) is 3. The first-order valence-electron chi connectivity index (χ1n) is 11.2. The molecule has 1 atom stereocenters. The molecule has 9 nitrogen and oxygen atoms in total. The van der Waals surface area contributed by atoms with Crippen LogP contribution in [0.5, 0.6) is 0 Å². The first-order chi connectivity index (χ1) is 17.4. The number of pyridine rings is 1. The number of amidine groups is 1. The molecule has 0 spiro atoms. The predicted octanol–water partition coefficient (Wildman–Crippen LogP) is 2.93. The zero-order chi connectivity index (χ0) is 25.9. The lowest BCUT2D eigenvalue weighted by Gasteiger charge is -2.25. The number of nitrogens with one attached hydrogen (secondary N) is 2. The van der Waals surface area contributed by atoms with Gasteiger partial charge in [0.25, 0.3) is 6.47 Å². The molecule has 0 fully saturated rings. The van der Waals surface area contributed by atoms with Gasteiger partial charge in [0, 0.05) is 49.7 Å². The number of aromatic nitrogens is 1. The van der Waals surface area contributed by atoms with Gasteiger partial charge in [-0.15, -0.1) is 0 Å². The van der Waals surface area contributed by atoms with E-state index in [2.05, 4.69) is 20.8 Å². The van der Waals surface area contributed by atoms with Gasteiger partial charge in [0.05, 0.1) is 13.1 Å². The topological polar surface area (TPSA) is 116 Å². The van der Waals surface area contributed by atoms with Crippen LogP contribution in [0.25, 0.3) is 11.1 Å². The fourth-order valence-electron chi connectivity index (χ4n) is 3.57. The van der Waals surface area contributed by atoms with E-state index in [0.29, 0.717) is 41.2 Å². The van der Waals surface area contributed by atoms with E-state index in [1.807, 2.05) is 24.3 Å². The number of rotatable bonds is 11. The van der Waals surface area contributed by atoms with Crippen LogP contribution in [0, 0.1) is 5.82 Å². The minimum Gasteiger partial charge on any atom is -0.461 e. The standard InChI is InChI=1S/C26H28FN5O4/c1-18(34)29-15-23(36-17-33)16-32(2)22-7-8-24(25(27)13-22)20-5-3-19(4-6-20)14-30-26(31-35)21-9-11-28-12-10-21/h3-13,17,23,35H,14-16H2,1-2H3,(H,29,34)(H,30,31)/t23-/m0/s1. The molecule has 0 aliphatic rings. The Labute approximate surface area is 208 Å². The minimum absolute atomic E-state index is 0.161. The van der Waals surface area contributed by atoms with Crippen LogP contribution < -0.4 is 15.5 Å². The van der Waals surface area contributed by atoms with Crippen molar-refractivity contribution in [3.63, 3.8) is 0 Å². The van der Waals surface area contributed by atoms with E-state index < -0.39 is 11.9 Å². The Morgan fingerprint density at radius 1 is 1.17 bits per heavy atom. The van der Waals surface area contributed by atoms with Crippen molar-refractivity contribution in [2.24, 2.45) is 5.16 Å². The number of anilines is 1. The summed E-state index contributed by atoms with van der Waals surface area (Å²) in [5.74, 6) is -0.303. The fourth-order valence-corrected chi connectivity index (χ4v) is 3.57. The molecule has 1 heterocycles. The van der Waals surface area contributed by atoms with E-state index in [0.717, 1.165) is 5.56 Å². The lowest BCUT2D eigenvalue weighted by atomic mass is 10.0. The number of hydrogen-bond acceptors (Lipinski definition) is 7. The van der Waals surface area contributed by atoms with Gasteiger partial charge in [0.1, 0.15) is 11.9 Å². The van der Waals surface area contributed by atoms with Crippen LogP contribution in [-0.4, -0.2) is 54.6 Å². The average molecular weight is 494 g/mol. The SMILES string of the molecule is CC(=O)NC[C@@H](CN(C)c1ccc(-c2ccc(CN/C(=N\O)c3ccncc3)cc2)c(F)c1)OC=O. The molecule has 1 aromatic heterocycles. The molecule has 0 aliphatic heterocycles. The molecule has 3 rings (SSSR count). The zero-order valence-corrected chi connectivity index (χ0v) is 20.0. The van der Waals surface area contributed by atoms with Gasteiger partial charge >= 0.3 is 0 Å². The van der Waals surface area contributed by atoms with Crippen molar-refractivity contribution in [1.82, 2.24) is 15.6 Å². The third-order valence-corrected chi connectivity index (χ3v) is 5.48. The molecule has 0 aliphatic carbocycles. The highest BCUT2D eigenvalue weighted by Gasteiger charge is 2.15. The maximum Gasteiger partial charge on any atom is 0.293 e. The molecule has 2 aromatic carbocycles. The number of likely N-dealkylation sites (N-methyl/N-ethyl adjacent to an activating group) is 1. The molecular formula is C26H28FN5O4. The van der Waals surface area contributed by atoms with Gasteiger partial charge in [-0.1, -0.05) is 29.4 Å². The van der Waals surface area contributed by atoms with Crippen molar-refractivity contribution in [2.45, 2.75) is 19.6 Å². The van der Waals surface area contributed by atoms with E-state index in [4.69, 9.17) is 4.74 Å². The van der Waals surface area contributed by atoms with E-state index in [9.17, 15) is 19.2 Å². The Morgan fingerprint density at radius 3 is 2.50 bits per heavy atom. The number of ether oxygens (including phenoxy) is 1. The zero-order valence-electron chi connectivity index (χ0n) is 20.0. The maximum absolute atomic E-state index is 15.0. The van der Waals surface area contributed by atoms with Crippen LogP contribution in [0.15, 0.2) is 72.1 Å². The van der Waals surface area contributed by atoms with Crippen molar-refractivity contribution in [3.05, 3.63) is 83.9 Å². The van der Waals surface area contributed by atoms with Crippen LogP contribution in [0.3, 0.4) is 0 Å². The highest BCUT2D eigenvalue weighted by atomic mass is 19.1. The average Bonchev–Trinajstić information content (AvgIpc) is 2.88. The van der Waals surface area contributed by atoms with Gasteiger partial charge in [-0.25, -0.2) is 4.39 Å².